The second-order valence-electron chi connectivity index (χ2n) is 3.61. The summed E-state index contributed by atoms with van der Waals surface area (Å²) in [7, 11) is 0. The Hall–Kier alpha value is -0.350. The lowest BCUT2D eigenvalue weighted by Crippen LogP contribution is -2.32. The molecule has 2 heterocycles. The topological polar surface area (TPSA) is 36.3 Å². The van der Waals surface area contributed by atoms with Crippen LogP contribution in [0.2, 0.25) is 0 Å². The van der Waals surface area contributed by atoms with Gasteiger partial charge in [-0.15, -0.1) is 0 Å². The van der Waals surface area contributed by atoms with E-state index in [0.717, 1.165) is 0 Å². The third-order valence-corrected chi connectivity index (χ3v) is 3.05. The molecule has 0 bridgehead atoms. The summed E-state index contributed by atoms with van der Waals surface area (Å²) in [6.45, 7) is 1.65. The second kappa shape index (κ2) is 5.11. The maximum absolute atomic E-state index is 12.5. The van der Waals surface area contributed by atoms with E-state index in [1.807, 2.05) is 0 Å². The van der Waals surface area contributed by atoms with Gasteiger partial charge in [0.05, 0.1) is 29.9 Å². The molecule has 1 fully saturated rings. The van der Waals surface area contributed by atoms with Gasteiger partial charge in [-0.05, 0) is 22.6 Å². The second-order valence-corrected chi connectivity index (χ2v) is 4.78. The van der Waals surface area contributed by atoms with E-state index in [-0.39, 0.29) is 16.2 Å². The van der Waals surface area contributed by atoms with Gasteiger partial charge in [0.15, 0.2) is 5.69 Å². The molecule has 0 aromatic carbocycles. The Labute approximate surface area is 109 Å². The summed E-state index contributed by atoms with van der Waals surface area (Å²) in [5.74, 6) is 0. The fraction of sp³-hybridized carbons (Fsp3) is 0.667. The van der Waals surface area contributed by atoms with Crippen molar-refractivity contribution >= 4 is 22.6 Å². The quantitative estimate of drug-likeness (QED) is 0.755. The van der Waals surface area contributed by atoms with Gasteiger partial charge in [-0.25, -0.2) is 0 Å². The highest BCUT2D eigenvalue weighted by Gasteiger charge is 2.36. The largest absolute Gasteiger partial charge is 0.436 e. The number of rotatable bonds is 2. The van der Waals surface area contributed by atoms with Crippen LogP contribution in [0.3, 0.4) is 0 Å². The molecule has 1 saturated heterocycles. The van der Waals surface area contributed by atoms with Crippen molar-refractivity contribution in [1.29, 1.82) is 0 Å². The van der Waals surface area contributed by atoms with Crippen molar-refractivity contribution < 1.29 is 22.6 Å². The van der Waals surface area contributed by atoms with Crippen LogP contribution in [0, 0.1) is 3.57 Å². The number of hydrogen-bond donors (Lipinski definition) is 0. The maximum atomic E-state index is 12.5. The van der Waals surface area contributed by atoms with Crippen LogP contribution in [-0.4, -0.2) is 35.7 Å². The minimum absolute atomic E-state index is 0.0897. The molecule has 2 rings (SSSR count). The van der Waals surface area contributed by atoms with Gasteiger partial charge in [0, 0.05) is 6.20 Å². The Kier molecular flexibility index (Phi) is 3.93. The van der Waals surface area contributed by atoms with Crippen molar-refractivity contribution in [3.05, 3.63) is 15.5 Å². The molecule has 1 atom stereocenters. The summed E-state index contributed by atoms with van der Waals surface area (Å²) in [6.07, 6.45) is -3.28. The van der Waals surface area contributed by atoms with Crippen LogP contribution >= 0.6 is 22.6 Å². The molecule has 1 unspecified atom stereocenters. The molecule has 0 amide bonds. The van der Waals surface area contributed by atoms with Gasteiger partial charge in [0.25, 0.3) is 0 Å². The molecular formula is C9H10F3IN2O2. The summed E-state index contributed by atoms with van der Waals surface area (Å²) < 4.78 is 49.4. The number of aromatic nitrogens is 2. The minimum Gasteiger partial charge on any atom is -0.376 e. The van der Waals surface area contributed by atoms with Crippen LogP contribution in [-0.2, 0) is 22.2 Å². The van der Waals surface area contributed by atoms with E-state index in [1.165, 1.54) is 10.9 Å². The maximum Gasteiger partial charge on any atom is 0.436 e. The van der Waals surface area contributed by atoms with E-state index in [0.29, 0.717) is 19.8 Å². The summed E-state index contributed by atoms with van der Waals surface area (Å²) in [5.41, 5.74) is -0.852. The first-order chi connectivity index (χ1) is 7.97. The van der Waals surface area contributed by atoms with Gasteiger partial charge in [0.1, 0.15) is 6.10 Å². The predicted molar refractivity (Wildman–Crippen MR) is 60.5 cm³/mol. The van der Waals surface area contributed by atoms with Crippen LogP contribution in [0.1, 0.15) is 5.69 Å². The minimum atomic E-state index is -4.41. The highest BCUT2D eigenvalue weighted by atomic mass is 127. The monoisotopic (exact) mass is 362 g/mol. The molecule has 1 aromatic heterocycles. The normalized spacial score (nSPS) is 21.8. The molecule has 96 valence electrons. The Morgan fingerprint density at radius 3 is 2.76 bits per heavy atom. The molecule has 1 aliphatic heterocycles. The molecular weight excluding hydrogens is 352 g/mol. The van der Waals surface area contributed by atoms with Gasteiger partial charge in [0.2, 0.25) is 0 Å². The number of halogens is 4. The van der Waals surface area contributed by atoms with Gasteiger partial charge < -0.3 is 9.47 Å². The lowest BCUT2D eigenvalue weighted by Gasteiger charge is -2.22. The zero-order chi connectivity index (χ0) is 12.5. The lowest BCUT2D eigenvalue weighted by atomic mass is 10.3. The van der Waals surface area contributed by atoms with E-state index in [2.05, 4.69) is 5.10 Å². The van der Waals surface area contributed by atoms with Crippen molar-refractivity contribution in [2.24, 2.45) is 0 Å². The van der Waals surface area contributed by atoms with Crippen LogP contribution in [0.4, 0.5) is 13.2 Å². The Morgan fingerprint density at radius 2 is 2.24 bits per heavy atom. The van der Waals surface area contributed by atoms with Crippen molar-refractivity contribution in [2.75, 3.05) is 19.8 Å². The third kappa shape index (κ3) is 3.32. The smallest absolute Gasteiger partial charge is 0.376 e. The fourth-order valence-electron chi connectivity index (χ4n) is 1.53. The molecule has 1 aliphatic rings. The van der Waals surface area contributed by atoms with Crippen LogP contribution in [0.5, 0.6) is 0 Å². The average molecular weight is 362 g/mol. The number of hydrogen-bond acceptors (Lipinski definition) is 3. The van der Waals surface area contributed by atoms with Crippen LogP contribution in [0.15, 0.2) is 6.20 Å². The molecule has 17 heavy (non-hydrogen) atoms. The SMILES string of the molecule is FC(F)(F)c1nn(CC2COCCO2)cc1I. The highest BCUT2D eigenvalue weighted by Crippen LogP contribution is 2.31. The zero-order valence-electron chi connectivity index (χ0n) is 8.71. The molecule has 0 saturated carbocycles. The summed E-state index contributed by atoms with van der Waals surface area (Å²) >= 11 is 1.63. The Bertz CT molecular complexity index is 388. The van der Waals surface area contributed by atoms with E-state index in [9.17, 15) is 13.2 Å². The first-order valence-corrected chi connectivity index (χ1v) is 6.04. The highest BCUT2D eigenvalue weighted by molar-refractivity contribution is 14.1. The molecule has 1 aromatic rings. The van der Waals surface area contributed by atoms with Gasteiger partial charge in [-0.2, -0.15) is 18.3 Å². The van der Waals surface area contributed by atoms with E-state index in [1.54, 1.807) is 22.6 Å². The van der Waals surface area contributed by atoms with E-state index < -0.39 is 11.9 Å². The van der Waals surface area contributed by atoms with E-state index >= 15 is 0 Å². The van der Waals surface area contributed by atoms with Crippen molar-refractivity contribution in [2.45, 2.75) is 18.8 Å². The molecule has 0 N–H and O–H groups in total. The van der Waals surface area contributed by atoms with Crippen molar-refractivity contribution in [1.82, 2.24) is 9.78 Å². The Balaban J connectivity index is 2.06. The van der Waals surface area contributed by atoms with Crippen molar-refractivity contribution in [3.63, 3.8) is 0 Å². The molecule has 0 radical (unpaired) electrons. The zero-order valence-corrected chi connectivity index (χ0v) is 10.9. The predicted octanol–water partition coefficient (Wildman–Crippen LogP) is 1.92. The van der Waals surface area contributed by atoms with E-state index in [4.69, 9.17) is 9.47 Å². The number of alkyl halides is 3. The molecule has 8 heteroatoms. The van der Waals surface area contributed by atoms with Gasteiger partial charge in [-0.1, -0.05) is 0 Å². The standard InChI is InChI=1S/C9H10F3IN2O2/c10-9(11,12)8-7(13)4-15(14-8)3-6-5-16-1-2-17-6/h4,6H,1-3,5H2. The summed E-state index contributed by atoms with van der Waals surface area (Å²) in [5, 5.41) is 3.52. The summed E-state index contributed by atoms with van der Waals surface area (Å²) in [6, 6.07) is 0. The van der Waals surface area contributed by atoms with Crippen LogP contribution < -0.4 is 0 Å². The van der Waals surface area contributed by atoms with Gasteiger partial charge >= 0.3 is 6.18 Å². The molecule has 0 spiro atoms. The average Bonchev–Trinajstić information content (AvgIpc) is 2.60. The molecule has 4 nitrogen and oxygen atoms in total. The summed E-state index contributed by atoms with van der Waals surface area (Å²) in [4.78, 5) is 0. The fourth-order valence-corrected chi connectivity index (χ4v) is 2.27. The third-order valence-electron chi connectivity index (χ3n) is 2.26. The molecule has 0 aliphatic carbocycles. The Morgan fingerprint density at radius 1 is 1.47 bits per heavy atom. The first-order valence-electron chi connectivity index (χ1n) is 4.96. The number of nitrogens with zero attached hydrogens (tertiary/aromatic N) is 2. The number of ether oxygens (including phenoxy) is 2. The van der Waals surface area contributed by atoms with Crippen LogP contribution in [0.25, 0.3) is 0 Å². The lowest BCUT2D eigenvalue weighted by molar-refractivity contribution is -0.142. The van der Waals surface area contributed by atoms with Crippen molar-refractivity contribution in [3.8, 4) is 0 Å². The first kappa shape index (κ1) is 13.1. The van der Waals surface area contributed by atoms with Gasteiger partial charge in [-0.3, -0.25) is 4.68 Å².